The van der Waals surface area contributed by atoms with Crippen molar-refractivity contribution in [3.05, 3.63) is 35.6 Å². The number of halogens is 1. The van der Waals surface area contributed by atoms with Gasteiger partial charge in [-0.05, 0) is 30.0 Å². The SMILES string of the molecule is CC(C)CNC(=O)C1CC(=O)N(CCc2ccc(F)cc2)C1. The number of likely N-dealkylation sites (tertiary alicyclic amines) is 1. The molecule has 4 nitrogen and oxygen atoms in total. The average molecular weight is 306 g/mol. The van der Waals surface area contributed by atoms with Gasteiger partial charge in [0.15, 0.2) is 0 Å². The first kappa shape index (κ1) is 16.5. The third-order valence-electron chi connectivity index (χ3n) is 3.85. The molecule has 1 fully saturated rings. The molecule has 5 heteroatoms. The van der Waals surface area contributed by atoms with Crippen LogP contribution in [0.1, 0.15) is 25.8 Å². The van der Waals surface area contributed by atoms with E-state index in [1.54, 1.807) is 17.0 Å². The van der Waals surface area contributed by atoms with Gasteiger partial charge in [-0.1, -0.05) is 26.0 Å². The Balaban J connectivity index is 1.82. The molecule has 0 radical (unpaired) electrons. The molecule has 2 amide bonds. The van der Waals surface area contributed by atoms with Crippen LogP contribution < -0.4 is 5.32 Å². The van der Waals surface area contributed by atoms with E-state index in [-0.39, 0.29) is 30.0 Å². The smallest absolute Gasteiger partial charge is 0.225 e. The van der Waals surface area contributed by atoms with Gasteiger partial charge >= 0.3 is 0 Å². The van der Waals surface area contributed by atoms with Gasteiger partial charge in [-0.3, -0.25) is 9.59 Å². The lowest BCUT2D eigenvalue weighted by molar-refractivity contribution is -0.129. The molecular formula is C17H23FN2O2. The summed E-state index contributed by atoms with van der Waals surface area (Å²) in [5.74, 6) is -0.129. The summed E-state index contributed by atoms with van der Waals surface area (Å²) in [7, 11) is 0. The monoisotopic (exact) mass is 306 g/mol. The number of amides is 2. The fourth-order valence-electron chi connectivity index (χ4n) is 2.53. The first-order chi connectivity index (χ1) is 10.5. The summed E-state index contributed by atoms with van der Waals surface area (Å²) in [6.45, 7) is 5.76. The number of hydrogen-bond donors (Lipinski definition) is 1. The Bertz CT molecular complexity index is 528. The second-order valence-electron chi connectivity index (χ2n) is 6.26. The van der Waals surface area contributed by atoms with Crippen LogP contribution in [0.3, 0.4) is 0 Å². The predicted octanol–water partition coefficient (Wildman–Crippen LogP) is 1.99. The Labute approximate surface area is 130 Å². The number of rotatable bonds is 6. The summed E-state index contributed by atoms with van der Waals surface area (Å²) in [5, 5.41) is 2.89. The second-order valence-corrected chi connectivity index (χ2v) is 6.26. The number of nitrogens with zero attached hydrogens (tertiary/aromatic N) is 1. The van der Waals surface area contributed by atoms with Crippen LogP contribution in [0.25, 0.3) is 0 Å². The molecule has 1 aliphatic rings. The van der Waals surface area contributed by atoms with Crippen molar-refractivity contribution in [3.63, 3.8) is 0 Å². The van der Waals surface area contributed by atoms with Crippen molar-refractivity contribution in [1.82, 2.24) is 10.2 Å². The van der Waals surface area contributed by atoms with Crippen molar-refractivity contribution in [2.75, 3.05) is 19.6 Å². The maximum atomic E-state index is 12.9. The van der Waals surface area contributed by atoms with Crippen molar-refractivity contribution in [3.8, 4) is 0 Å². The molecule has 1 aromatic carbocycles. The van der Waals surface area contributed by atoms with Gasteiger partial charge in [-0.15, -0.1) is 0 Å². The lowest BCUT2D eigenvalue weighted by atomic mass is 10.1. The second kappa shape index (κ2) is 7.38. The molecule has 0 saturated carbocycles. The molecule has 1 aromatic rings. The molecule has 1 aliphatic heterocycles. The molecule has 1 heterocycles. The highest BCUT2D eigenvalue weighted by molar-refractivity contribution is 5.89. The van der Waals surface area contributed by atoms with Crippen LogP contribution in [0.4, 0.5) is 4.39 Å². The summed E-state index contributed by atoms with van der Waals surface area (Å²) in [5.41, 5.74) is 0.988. The molecule has 0 bridgehead atoms. The molecule has 22 heavy (non-hydrogen) atoms. The fourth-order valence-corrected chi connectivity index (χ4v) is 2.53. The number of hydrogen-bond acceptors (Lipinski definition) is 2. The Morgan fingerprint density at radius 2 is 2.05 bits per heavy atom. The first-order valence-electron chi connectivity index (χ1n) is 7.75. The summed E-state index contributed by atoms with van der Waals surface area (Å²) in [4.78, 5) is 25.7. The van der Waals surface area contributed by atoms with Crippen LogP contribution >= 0.6 is 0 Å². The molecule has 0 aromatic heterocycles. The molecule has 0 spiro atoms. The van der Waals surface area contributed by atoms with E-state index in [4.69, 9.17) is 0 Å². The van der Waals surface area contributed by atoms with Gasteiger partial charge in [-0.2, -0.15) is 0 Å². The minimum Gasteiger partial charge on any atom is -0.356 e. The lowest BCUT2D eigenvalue weighted by Gasteiger charge is -2.17. The van der Waals surface area contributed by atoms with Crippen LogP contribution in [-0.2, 0) is 16.0 Å². The Kier molecular flexibility index (Phi) is 5.52. The van der Waals surface area contributed by atoms with Crippen molar-refractivity contribution in [1.29, 1.82) is 0 Å². The zero-order valence-corrected chi connectivity index (χ0v) is 13.1. The van der Waals surface area contributed by atoms with Gasteiger partial charge in [0.2, 0.25) is 11.8 Å². The quantitative estimate of drug-likeness (QED) is 0.874. The van der Waals surface area contributed by atoms with Gasteiger partial charge in [0.25, 0.3) is 0 Å². The van der Waals surface area contributed by atoms with E-state index in [2.05, 4.69) is 5.32 Å². The van der Waals surface area contributed by atoms with E-state index in [1.807, 2.05) is 13.8 Å². The standard InChI is InChI=1S/C17H23FN2O2/c1-12(2)10-19-17(22)14-9-16(21)20(11-14)8-7-13-3-5-15(18)6-4-13/h3-6,12,14H,7-11H2,1-2H3,(H,19,22). The molecule has 2 rings (SSSR count). The van der Waals surface area contributed by atoms with Crippen LogP contribution in [0.15, 0.2) is 24.3 Å². The zero-order valence-electron chi connectivity index (χ0n) is 13.1. The predicted molar refractivity (Wildman–Crippen MR) is 82.6 cm³/mol. The van der Waals surface area contributed by atoms with Crippen molar-refractivity contribution >= 4 is 11.8 Å². The van der Waals surface area contributed by atoms with Crippen LogP contribution in [-0.4, -0.2) is 36.3 Å². The highest BCUT2D eigenvalue weighted by Crippen LogP contribution is 2.18. The summed E-state index contributed by atoms with van der Waals surface area (Å²) < 4.78 is 12.9. The molecule has 1 saturated heterocycles. The Morgan fingerprint density at radius 3 is 2.68 bits per heavy atom. The maximum absolute atomic E-state index is 12.9. The van der Waals surface area contributed by atoms with Crippen LogP contribution in [0, 0.1) is 17.7 Å². The van der Waals surface area contributed by atoms with Crippen LogP contribution in [0.5, 0.6) is 0 Å². The molecule has 0 aliphatic carbocycles. The normalized spacial score (nSPS) is 18.1. The largest absolute Gasteiger partial charge is 0.356 e. The average Bonchev–Trinajstić information content (AvgIpc) is 2.85. The Morgan fingerprint density at radius 1 is 1.36 bits per heavy atom. The summed E-state index contributed by atoms with van der Waals surface area (Å²) in [6, 6.07) is 6.29. The number of benzene rings is 1. The van der Waals surface area contributed by atoms with Gasteiger partial charge in [0.05, 0.1) is 5.92 Å². The number of nitrogens with one attached hydrogen (secondary N) is 1. The van der Waals surface area contributed by atoms with Gasteiger partial charge in [0.1, 0.15) is 5.82 Å². The topological polar surface area (TPSA) is 49.4 Å². The number of carbonyl (C=O) groups excluding carboxylic acids is 2. The zero-order chi connectivity index (χ0) is 16.1. The minimum atomic E-state index is -0.261. The third kappa shape index (κ3) is 4.55. The minimum absolute atomic E-state index is 0.0202. The summed E-state index contributed by atoms with van der Waals surface area (Å²) in [6.07, 6.45) is 0.958. The van der Waals surface area contributed by atoms with Crippen molar-refractivity contribution < 1.29 is 14.0 Å². The van der Waals surface area contributed by atoms with Gasteiger partial charge < -0.3 is 10.2 Å². The highest BCUT2D eigenvalue weighted by atomic mass is 19.1. The molecule has 120 valence electrons. The van der Waals surface area contributed by atoms with E-state index < -0.39 is 0 Å². The number of carbonyl (C=O) groups is 2. The van der Waals surface area contributed by atoms with Crippen molar-refractivity contribution in [2.24, 2.45) is 11.8 Å². The fraction of sp³-hybridized carbons (Fsp3) is 0.529. The van der Waals surface area contributed by atoms with Crippen LogP contribution in [0.2, 0.25) is 0 Å². The molecule has 1 atom stereocenters. The molecule has 1 N–H and O–H groups in total. The van der Waals surface area contributed by atoms with E-state index in [9.17, 15) is 14.0 Å². The van der Waals surface area contributed by atoms with Gasteiger partial charge in [0, 0.05) is 26.1 Å². The highest BCUT2D eigenvalue weighted by Gasteiger charge is 2.33. The van der Waals surface area contributed by atoms with E-state index in [0.29, 0.717) is 32.0 Å². The maximum Gasteiger partial charge on any atom is 0.225 e. The van der Waals surface area contributed by atoms with E-state index in [1.165, 1.54) is 12.1 Å². The van der Waals surface area contributed by atoms with Crippen molar-refractivity contribution in [2.45, 2.75) is 26.7 Å². The summed E-state index contributed by atoms with van der Waals surface area (Å²) >= 11 is 0. The Hall–Kier alpha value is -1.91. The first-order valence-corrected chi connectivity index (χ1v) is 7.75. The van der Waals surface area contributed by atoms with E-state index >= 15 is 0 Å². The third-order valence-corrected chi connectivity index (χ3v) is 3.85. The molecule has 1 unspecified atom stereocenters. The lowest BCUT2D eigenvalue weighted by Crippen LogP contribution is -2.35. The molecular weight excluding hydrogens is 283 g/mol. The van der Waals surface area contributed by atoms with E-state index in [0.717, 1.165) is 5.56 Å². The van der Waals surface area contributed by atoms with Gasteiger partial charge in [-0.25, -0.2) is 4.39 Å².